The Hall–Kier alpha value is -3.67. The van der Waals surface area contributed by atoms with Crippen LogP contribution in [0, 0.1) is 26.6 Å². The zero-order chi connectivity index (χ0) is 23.9. The maximum atomic E-state index is 14.6. The molecule has 4 aromatic rings. The van der Waals surface area contributed by atoms with Crippen molar-refractivity contribution < 1.29 is 9.18 Å². The van der Waals surface area contributed by atoms with Crippen molar-refractivity contribution in [2.75, 3.05) is 0 Å². The van der Waals surface area contributed by atoms with Crippen LogP contribution >= 0.6 is 0 Å². The molecule has 2 aromatic heterocycles. The molecular formula is C27H28FN3O2. The monoisotopic (exact) mass is 445 g/mol. The van der Waals surface area contributed by atoms with E-state index in [1.807, 2.05) is 39.1 Å². The molecule has 0 radical (unpaired) electrons. The van der Waals surface area contributed by atoms with E-state index in [1.165, 1.54) is 6.07 Å². The number of halogens is 1. The summed E-state index contributed by atoms with van der Waals surface area (Å²) in [5, 5.41) is 3.74. The summed E-state index contributed by atoms with van der Waals surface area (Å²) in [6.07, 6.45) is 2.02. The fourth-order valence-corrected chi connectivity index (χ4v) is 4.41. The molecule has 170 valence electrons. The predicted octanol–water partition coefficient (Wildman–Crippen LogP) is 5.57. The zero-order valence-electron chi connectivity index (χ0n) is 19.5. The summed E-state index contributed by atoms with van der Waals surface area (Å²) in [7, 11) is 0. The third-order valence-corrected chi connectivity index (χ3v) is 6.03. The number of nitrogens with zero attached hydrogens (tertiary/aromatic N) is 1. The highest BCUT2D eigenvalue weighted by Gasteiger charge is 2.20. The number of nitrogens with one attached hydrogen (secondary N) is 2. The van der Waals surface area contributed by atoms with Gasteiger partial charge in [-0.1, -0.05) is 18.2 Å². The normalized spacial score (nSPS) is 11.4. The molecule has 0 saturated heterocycles. The van der Waals surface area contributed by atoms with E-state index in [4.69, 9.17) is 0 Å². The van der Waals surface area contributed by atoms with Crippen molar-refractivity contribution in [2.24, 2.45) is 0 Å². The number of fused-ring (bicyclic) bond motifs is 1. The van der Waals surface area contributed by atoms with E-state index in [1.54, 1.807) is 24.3 Å². The SMILES string of the molecule is Cc1cc(C)c(CNC(=O)c2cc(-c3ccccc3F)cc3c2c(C)cn3C(C)C)c(=O)[nH]1. The van der Waals surface area contributed by atoms with Crippen molar-refractivity contribution in [1.82, 2.24) is 14.9 Å². The van der Waals surface area contributed by atoms with Crippen molar-refractivity contribution in [2.45, 2.75) is 47.2 Å². The molecule has 33 heavy (non-hydrogen) atoms. The molecule has 6 heteroatoms. The van der Waals surface area contributed by atoms with Crippen molar-refractivity contribution in [3.8, 4) is 11.1 Å². The Bertz CT molecular complexity index is 1430. The largest absolute Gasteiger partial charge is 0.348 e. The second kappa shape index (κ2) is 8.70. The van der Waals surface area contributed by atoms with Gasteiger partial charge in [-0.05, 0) is 75.6 Å². The minimum atomic E-state index is -0.343. The van der Waals surface area contributed by atoms with Crippen LogP contribution in [0.15, 0.2) is 53.5 Å². The number of pyridine rings is 1. The molecule has 2 N–H and O–H groups in total. The van der Waals surface area contributed by atoms with E-state index in [9.17, 15) is 14.0 Å². The Morgan fingerprint density at radius 1 is 1.09 bits per heavy atom. The predicted molar refractivity (Wildman–Crippen MR) is 130 cm³/mol. The van der Waals surface area contributed by atoms with Crippen LogP contribution in [0.2, 0.25) is 0 Å². The number of aryl methyl sites for hydroxylation is 3. The zero-order valence-corrected chi connectivity index (χ0v) is 19.5. The highest BCUT2D eigenvalue weighted by Crippen LogP contribution is 2.33. The minimum absolute atomic E-state index is 0.107. The van der Waals surface area contributed by atoms with Crippen LogP contribution in [0.1, 0.15) is 52.6 Å². The molecule has 0 saturated carbocycles. The average Bonchev–Trinajstić information content (AvgIpc) is 3.09. The van der Waals surface area contributed by atoms with Gasteiger partial charge in [0.2, 0.25) is 0 Å². The van der Waals surface area contributed by atoms with Crippen LogP contribution in [0.3, 0.4) is 0 Å². The summed E-state index contributed by atoms with van der Waals surface area (Å²) >= 11 is 0. The van der Waals surface area contributed by atoms with E-state index in [0.717, 1.165) is 27.7 Å². The van der Waals surface area contributed by atoms with Gasteiger partial charge in [0, 0.05) is 52.1 Å². The Morgan fingerprint density at radius 2 is 1.82 bits per heavy atom. The third-order valence-electron chi connectivity index (χ3n) is 6.03. The van der Waals surface area contributed by atoms with Gasteiger partial charge in [0.05, 0.1) is 0 Å². The molecule has 5 nitrogen and oxygen atoms in total. The smallest absolute Gasteiger partial charge is 0.253 e. The third kappa shape index (κ3) is 4.21. The molecule has 4 rings (SSSR count). The van der Waals surface area contributed by atoms with Gasteiger partial charge in [-0.25, -0.2) is 4.39 Å². The first-order chi connectivity index (χ1) is 15.7. The van der Waals surface area contributed by atoms with Gasteiger partial charge in [0.25, 0.3) is 11.5 Å². The molecule has 2 heterocycles. The summed E-state index contributed by atoms with van der Waals surface area (Å²) in [5.41, 5.74) is 5.28. The van der Waals surface area contributed by atoms with Crippen molar-refractivity contribution in [3.63, 3.8) is 0 Å². The number of H-pyrrole nitrogens is 1. The summed E-state index contributed by atoms with van der Waals surface area (Å²) < 4.78 is 16.7. The molecule has 0 spiro atoms. The lowest BCUT2D eigenvalue weighted by molar-refractivity contribution is 0.0952. The van der Waals surface area contributed by atoms with Gasteiger partial charge in [0.15, 0.2) is 0 Å². The minimum Gasteiger partial charge on any atom is -0.348 e. The lowest BCUT2D eigenvalue weighted by Crippen LogP contribution is -2.28. The number of rotatable bonds is 5. The topological polar surface area (TPSA) is 66.9 Å². The molecule has 0 aliphatic rings. The first-order valence-corrected chi connectivity index (χ1v) is 11.0. The number of carbonyl (C=O) groups excluding carboxylic acids is 1. The molecule has 1 amide bonds. The number of aromatic amines is 1. The molecular weight excluding hydrogens is 417 g/mol. The van der Waals surface area contributed by atoms with Crippen LogP contribution in [-0.2, 0) is 6.54 Å². The standard InChI is InChI=1S/C27H28FN3O2/c1-15(2)31-14-17(4)25-21(11-19(12-24(25)31)20-8-6-7-9-23(20)28)26(32)29-13-22-16(3)10-18(5)30-27(22)33/h6-12,14-15H,13H2,1-5H3,(H,29,32)(H,30,33). The Labute approximate surface area is 192 Å². The van der Waals surface area contributed by atoms with E-state index in [-0.39, 0.29) is 29.9 Å². The molecule has 0 bridgehead atoms. The molecule has 0 fully saturated rings. The van der Waals surface area contributed by atoms with Crippen LogP contribution in [0.25, 0.3) is 22.0 Å². The molecule has 0 aliphatic heterocycles. The highest BCUT2D eigenvalue weighted by atomic mass is 19.1. The maximum absolute atomic E-state index is 14.6. The number of benzene rings is 2. The average molecular weight is 446 g/mol. The molecule has 0 atom stereocenters. The summed E-state index contributed by atoms with van der Waals surface area (Å²) in [4.78, 5) is 28.6. The number of aromatic nitrogens is 2. The van der Waals surface area contributed by atoms with Crippen molar-refractivity contribution >= 4 is 16.8 Å². The lowest BCUT2D eigenvalue weighted by Gasteiger charge is -2.14. The van der Waals surface area contributed by atoms with E-state index >= 15 is 0 Å². The number of amides is 1. The highest BCUT2D eigenvalue weighted by molar-refractivity contribution is 6.09. The summed E-state index contributed by atoms with van der Waals surface area (Å²) in [6.45, 7) is 9.89. The summed E-state index contributed by atoms with van der Waals surface area (Å²) in [5.74, 6) is -0.647. The van der Waals surface area contributed by atoms with Crippen LogP contribution in [-0.4, -0.2) is 15.5 Å². The number of hydrogen-bond donors (Lipinski definition) is 2. The molecule has 0 unspecified atom stereocenters. The van der Waals surface area contributed by atoms with E-state index in [2.05, 4.69) is 28.7 Å². The lowest BCUT2D eigenvalue weighted by atomic mass is 9.97. The van der Waals surface area contributed by atoms with E-state index < -0.39 is 0 Å². The van der Waals surface area contributed by atoms with Gasteiger partial charge in [-0.15, -0.1) is 0 Å². The molecule has 2 aromatic carbocycles. The molecule has 0 aliphatic carbocycles. The number of carbonyl (C=O) groups is 1. The van der Waals surface area contributed by atoms with Gasteiger partial charge in [-0.2, -0.15) is 0 Å². The van der Waals surface area contributed by atoms with Crippen LogP contribution < -0.4 is 10.9 Å². The van der Waals surface area contributed by atoms with E-state index in [0.29, 0.717) is 22.3 Å². The second-order valence-corrected chi connectivity index (χ2v) is 8.84. The Balaban J connectivity index is 1.83. The van der Waals surface area contributed by atoms with Gasteiger partial charge < -0.3 is 14.9 Å². The van der Waals surface area contributed by atoms with Gasteiger partial charge >= 0.3 is 0 Å². The van der Waals surface area contributed by atoms with Crippen LogP contribution in [0.5, 0.6) is 0 Å². The number of hydrogen-bond acceptors (Lipinski definition) is 2. The fraction of sp³-hybridized carbons (Fsp3) is 0.259. The van der Waals surface area contributed by atoms with Gasteiger partial charge in [0.1, 0.15) is 5.82 Å². The first-order valence-electron chi connectivity index (χ1n) is 11.0. The maximum Gasteiger partial charge on any atom is 0.253 e. The fourth-order valence-electron chi connectivity index (χ4n) is 4.41. The van der Waals surface area contributed by atoms with Crippen molar-refractivity contribution in [3.05, 3.63) is 92.8 Å². The van der Waals surface area contributed by atoms with Crippen molar-refractivity contribution in [1.29, 1.82) is 0 Å². The first kappa shape index (κ1) is 22.5. The summed E-state index contributed by atoms with van der Waals surface area (Å²) in [6, 6.07) is 12.3. The van der Waals surface area contributed by atoms with Gasteiger partial charge in [-0.3, -0.25) is 9.59 Å². The Kier molecular flexibility index (Phi) is 5.93. The second-order valence-electron chi connectivity index (χ2n) is 8.84. The van der Waals surface area contributed by atoms with Crippen LogP contribution in [0.4, 0.5) is 4.39 Å². The Morgan fingerprint density at radius 3 is 2.48 bits per heavy atom. The quantitative estimate of drug-likeness (QED) is 0.422.